The Labute approximate surface area is 103 Å². The lowest BCUT2D eigenvalue weighted by atomic mass is 10.1. The molecule has 2 aromatic rings. The third-order valence-electron chi connectivity index (χ3n) is 2.57. The Kier molecular flexibility index (Phi) is 3.14. The molecule has 0 spiro atoms. The highest BCUT2D eigenvalue weighted by atomic mass is 16.5. The van der Waals surface area contributed by atoms with E-state index in [9.17, 15) is 9.59 Å². The molecule has 0 bridgehead atoms. The summed E-state index contributed by atoms with van der Waals surface area (Å²) in [6, 6.07) is 6.94. The molecule has 18 heavy (non-hydrogen) atoms. The van der Waals surface area contributed by atoms with Crippen LogP contribution in [0.15, 0.2) is 36.5 Å². The van der Waals surface area contributed by atoms with Crippen molar-refractivity contribution in [3.8, 4) is 0 Å². The first-order valence-electron chi connectivity index (χ1n) is 5.23. The molecule has 0 saturated heterocycles. The molecule has 92 valence electrons. The van der Waals surface area contributed by atoms with Crippen molar-refractivity contribution in [1.29, 1.82) is 0 Å². The number of esters is 1. The van der Waals surface area contributed by atoms with E-state index in [0.717, 1.165) is 15.5 Å². The van der Waals surface area contributed by atoms with E-state index in [0.29, 0.717) is 5.52 Å². The minimum Gasteiger partial charge on any atom is -0.466 e. The highest BCUT2D eigenvalue weighted by molar-refractivity contribution is 5.96. The van der Waals surface area contributed by atoms with Gasteiger partial charge >= 0.3 is 12.1 Å². The lowest BCUT2D eigenvalue weighted by molar-refractivity contribution is -0.134. The van der Waals surface area contributed by atoms with E-state index in [-0.39, 0.29) is 0 Å². The van der Waals surface area contributed by atoms with E-state index >= 15 is 0 Å². The van der Waals surface area contributed by atoms with Crippen molar-refractivity contribution in [2.45, 2.75) is 0 Å². The monoisotopic (exact) mass is 245 g/mol. The summed E-state index contributed by atoms with van der Waals surface area (Å²) in [4.78, 5) is 22.0. The number of nitrogens with zero attached hydrogens (tertiary/aromatic N) is 1. The average Bonchev–Trinajstić information content (AvgIpc) is 2.80. The molecule has 1 N–H and O–H groups in total. The van der Waals surface area contributed by atoms with Crippen LogP contribution in [0.3, 0.4) is 0 Å². The average molecular weight is 245 g/mol. The fraction of sp³-hybridized carbons (Fsp3) is 0.0769. The van der Waals surface area contributed by atoms with Crippen molar-refractivity contribution < 1.29 is 19.4 Å². The Balaban J connectivity index is 2.50. The molecule has 1 aromatic carbocycles. The Morgan fingerprint density at radius 1 is 1.33 bits per heavy atom. The fourth-order valence-corrected chi connectivity index (χ4v) is 1.73. The minimum atomic E-state index is -1.04. The van der Waals surface area contributed by atoms with Gasteiger partial charge in [-0.2, -0.15) is 0 Å². The van der Waals surface area contributed by atoms with Gasteiger partial charge in [-0.25, -0.2) is 9.59 Å². The molecule has 0 saturated carbocycles. The number of hydrogen-bond donors (Lipinski definition) is 1. The van der Waals surface area contributed by atoms with Crippen LogP contribution >= 0.6 is 0 Å². The van der Waals surface area contributed by atoms with Gasteiger partial charge in [-0.1, -0.05) is 12.1 Å². The summed E-state index contributed by atoms with van der Waals surface area (Å²) < 4.78 is 5.63. The minimum absolute atomic E-state index is 0.454. The highest BCUT2D eigenvalue weighted by Crippen LogP contribution is 2.21. The van der Waals surface area contributed by atoms with Crippen LogP contribution in [-0.2, 0) is 9.53 Å². The highest BCUT2D eigenvalue weighted by Gasteiger charge is 2.08. The molecule has 0 fully saturated rings. The summed E-state index contributed by atoms with van der Waals surface area (Å²) in [5.41, 5.74) is 1.34. The Hall–Kier alpha value is -2.56. The number of hydrogen-bond acceptors (Lipinski definition) is 3. The van der Waals surface area contributed by atoms with Crippen molar-refractivity contribution in [2.75, 3.05) is 7.11 Å². The Morgan fingerprint density at radius 2 is 2.11 bits per heavy atom. The predicted molar refractivity (Wildman–Crippen MR) is 66.4 cm³/mol. The smallest absolute Gasteiger partial charge is 0.415 e. The molecular formula is C13H11NO4. The second kappa shape index (κ2) is 4.75. The maximum atomic E-state index is 11.0. The zero-order valence-corrected chi connectivity index (χ0v) is 9.66. The van der Waals surface area contributed by atoms with Gasteiger partial charge < -0.3 is 9.84 Å². The van der Waals surface area contributed by atoms with Gasteiger partial charge in [0.05, 0.1) is 12.6 Å². The third-order valence-corrected chi connectivity index (χ3v) is 2.57. The van der Waals surface area contributed by atoms with Gasteiger partial charge in [0.25, 0.3) is 0 Å². The lowest BCUT2D eigenvalue weighted by Crippen LogP contribution is -2.05. The fourth-order valence-electron chi connectivity index (χ4n) is 1.73. The first-order valence-corrected chi connectivity index (χ1v) is 5.23. The molecule has 0 amide bonds. The summed E-state index contributed by atoms with van der Waals surface area (Å²) in [6.45, 7) is 0. The molecule has 0 aliphatic heterocycles. The summed E-state index contributed by atoms with van der Waals surface area (Å²) in [5.74, 6) is -0.454. The van der Waals surface area contributed by atoms with Gasteiger partial charge in [0.1, 0.15) is 0 Å². The number of carbonyl (C=O) groups is 2. The van der Waals surface area contributed by atoms with Crippen molar-refractivity contribution in [3.05, 3.63) is 42.1 Å². The quantitative estimate of drug-likeness (QED) is 0.651. The van der Waals surface area contributed by atoms with Crippen LogP contribution in [0.25, 0.3) is 17.0 Å². The largest absolute Gasteiger partial charge is 0.466 e. The zero-order chi connectivity index (χ0) is 13.1. The molecule has 1 aromatic heterocycles. The molecule has 0 aliphatic rings. The van der Waals surface area contributed by atoms with Crippen LogP contribution in [0.2, 0.25) is 0 Å². The van der Waals surface area contributed by atoms with Gasteiger partial charge in [-0.05, 0) is 23.8 Å². The van der Waals surface area contributed by atoms with Crippen LogP contribution < -0.4 is 0 Å². The summed E-state index contributed by atoms with van der Waals surface area (Å²) in [6.07, 6.45) is 3.33. The Bertz CT molecular complexity index is 639. The number of aromatic nitrogens is 1. The van der Waals surface area contributed by atoms with Crippen LogP contribution in [-0.4, -0.2) is 28.8 Å². The number of carboxylic acid groups (broad SMARTS) is 1. The maximum Gasteiger partial charge on any atom is 0.415 e. The number of rotatable bonds is 2. The van der Waals surface area contributed by atoms with Crippen molar-refractivity contribution in [1.82, 2.24) is 4.57 Å². The molecule has 5 nitrogen and oxygen atoms in total. The topological polar surface area (TPSA) is 68.5 Å². The van der Waals surface area contributed by atoms with E-state index in [1.807, 2.05) is 0 Å². The first-order chi connectivity index (χ1) is 8.63. The van der Waals surface area contributed by atoms with Crippen LogP contribution in [0, 0.1) is 0 Å². The second-order valence-electron chi connectivity index (χ2n) is 3.60. The number of ether oxygens (including phenoxy) is 1. The van der Waals surface area contributed by atoms with E-state index in [1.165, 1.54) is 19.4 Å². The van der Waals surface area contributed by atoms with Crippen LogP contribution in [0.4, 0.5) is 4.79 Å². The van der Waals surface area contributed by atoms with E-state index < -0.39 is 12.1 Å². The Morgan fingerprint density at radius 3 is 2.78 bits per heavy atom. The molecule has 0 atom stereocenters. The van der Waals surface area contributed by atoms with E-state index in [1.54, 1.807) is 30.3 Å². The maximum absolute atomic E-state index is 11.0. The van der Waals surface area contributed by atoms with Crippen molar-refractivity contribution >= 4 is 29.0 Å². The number of methoxy groups -OCH3 is 1. The van der Waals surface area contributed by atoms with E-state index in [4.69, 9.17) is 5.11 Å². The number of benzene rings is 1. The number of carbonyl (C=O) groups excluding carboxylic acids is 1. The lowest BCUT2D eigenvalue weighted by Gasteiger charge is -2.00. The van der Waals surface area contributed by atoms with E-state index in [2.05, 4.69) is 4.74 Å². The predicted octanol–water partition coefficient (Wildman–Crippen LogP) is 2.35. The molecule has 5 heteroatoms. The molecule has 0 unspecified atom stereocenters. The van der Waals surface area contributed by atoms with Gasteiger partial charge in [-0.3, -0.25) is 4.57 Å². The SMILES string of the molecule is COC(=O)/C=C/c1cccc2c1ccn2C(=O)O. The molecule has 2 rings (SSSR count). The standard InChI is InChI=1S/C13H11NO4/c1-18-12(15)6-5-9-3-2-4-11-10(9)7-8-14(11)13(16)17/h2-8H,1H3,(H,16,17)/b6-5+. The molecule has 1 heterocycles. The van der Waals surface area contributed by atoms with Crippen molar-refractivity contribution in [3.63, 3.8) is 0 Å². The molecule has 0 aliphatic carbocycles. The number of fused-ring (bicyclic) bond motifs is 1. The van der Waals surface area contributed by atoms with Crippen molar-refractivity contribution in [2.24, 2.45) is 0 Å². The van der Waals surface area contributed by atoms with Gasteiger partial charge in [0, 0.05) is 17.7 Å². The molecular weight excluding hydrogens is 234 g/mol. The zero-order valence-electron chi connectivity index (χ0n) is 9.66. The van der Waals surface area contributed by atoms with Gasteiger partial charge in [-0.15, -0.1) is 0 Å². The van der Waals surface area contributed by atoms with Crippen LogP contribution in [0.5, 0.6) is 0 Å². The van der Waals surface area contributed by atoms with Crippen LogP contribution in [0.1, 0.15) is 5.56 Å². The summed E-state index contributed by atoms with van der Waals surface area (Å²) >= 11 is 0. The summed E-state index contributed by atoms with van der Waals surface area (Å²) in [5, 5.41) is 9.75. The first kappa shape index (κ1) is 11.9. The summed E-state index contributed by atoms with van der Waals surface area (Å²) in [7, 11) is 1.30. The third kappa shape index (κ3) is 2.10. The normalized spacial score (nSPS) is 10.9. The van der Waals surface area contributed by atoms with Gasteiger partial charge in [0.2, 0.25) is 0 Å². The molecule has 0 radical (unpaired) electrons. The van der Waals surface area contributed by atoms with Gasteiger partial charge in [0.15, 0.2) is 0 Å². The second-order valence-corrected chi connectivity index (χ2v) is 3.60.